The molecule has 1 N–H and O–H groups in total. The normalized spacial score (nSPS) is 20.9. The minimum Gasteiger partial charge on any atom is -0.357 e. The van der Waals surface area contributed by atoms with Gasteiger partial charge in [-0.2, -0.15) is 5.10 Å². The molecule has 0 saturated carbocycles. The molecule has 5 heterocycles. The van der Waals surface area contributed by atoms with Crippen LogP contribution in [0.25, 0.3) is 32.6 Å². The summed E-state index contributed by atoms with van der Waals surface area (Å²) in [7, 11) is 0. The number of nitrogens with zero attached hydrogens (tertiary/aromatic N) is 6. The topological polar surface area (TPSA) is 81.0 Å². The summed E-state index contributed by atoms with van der Waals surface area (Å²) in [4.78, 5) is 7.03. The second-order valence-electron chi connectivity index (χ2n) is 10.8. The predicted octanol–water partition coefficient (Wildman–Crippen LogP) is 5.28. The Morgan fingerprint density at radius 1 is 1.06 bits per heavy atom. The van der Waals surface area contributed by atoms with Gasteiger partial charge in [0.05, 0.1) is 27.6 Å². The first-order chi connectivity index (χ1) is 17.4. The van der Waals surface area contributed by atoms with Crippen molar-refractivity contribution in [1.29, 1.82) is 0 Å². The average Bonchev–Trinajstić information content (AvgIpc) is 3.64. The van der Waals surface area contributed by atoms with Crippen molar-refractivity contribution in [1.82, 2.24) is 30.3 Å². The highest BCUT2D eigenvalue weighted by molar-refractivity contribution is 7.17. The fraction of sp³-hybridized carbons (Fsp3) is 0.481. The SMILES string of the molecule is CC(C)(C)NC1CCN(c2ccc(-c3ccc(-c4cnn(C5CCCCO5)c4)c4ncsc34)nn2)C1. The van der Waals surface area contributed by atoms with Gasteiger partial charge in [0.25, 0.3) is 0 Å². The molecule has 0 aliphatic carbocycles. The number of benzene rings is 1. The van der Waals surface area contributed by atoms with Crippen LogP contribution in [0.1, 0.15) is 52.7 Å². The lowest BCUT2D eigenvalue weighted by atomic mass is 10.0. The van der Waals surface area contributed by atoms with Crippen molar-refractivity contribution >= 4 is 27.4 Å². The molecule has 36 heavy (non-hydrogen) atoms. The molecule has 0 radical (unpaired) electrons. The Bertz CT molecular complexity index is 1330. The number of hydrogen-bond donors (Lipinski definition) is 1. The molecule has 2 aliphatic heterocycles. The van der Waals surface area contributed by atoms with Crippen molar-refractivity contribution in [2.24, 2.45) is 0 Å². The lowest BCUT2D eigenvalue weighted by Gasteiger charge is -2.26. The van der Waals surface area contributed by atoms with E-state index >= 15 is 0 Å². The summed E-state index contributed by atoms with van der Waals surface area (Å²) < 4.78 is 8.97. The van der Waals surface area contributed by atoms with Crippen LogP contribution in [0, 0.1) is 0 Å². The molecule has 3 aromatic heterocycles. The summed E-state index contributed by atoms with van der Waals surface area (Å²) in [6.45, 7) is 9.40. The average molecular weight is 504 g/mol. The van der Waals surface area contributed by atoms with Gasteiger partial charge in [0.1, 0.15) is 6.23 Å². The number of aromatic nitrogens is 5. The molecule has 0 amide bonds. The van der Waals surface area contributed by atoms with Gasteiger partial charge < -0.3 is 15.0 Å². The van der Waals surface area contributed by atoms with Gasteiger partial charge in [-0.1, -0.05) is 12.1 Å². The standard InChI is InChI=1S/C27H33N7OS/c1-27(2,3)30-19-11-12-33(16-19)23-10-9-22(31-32-23)21-8-7-20(25-26(21)36-17-28-25)18-14-29-34(15-18)24-6-4-5-13-35-24/h7-10,14-15,17,19,24,30H,4-6,11-13,16H2,1-3H3. The molecule has 8 nitrogen and oxygen atoms in total. The first-order valence-electron chi connectivity index (χ1n) is 12.8. The Hall–Kier alpha value is -2.88. The van der Waals surface area contributed by atoms with Crippen LogP contribution in [-0.2, 0) is 4.74 Å². The number of rotatable bonds is 5. The van der Waals surface area contributed by atoms with Crippen LogP contribution in [0.3, 0.4) is 0 Å². The number of hydrogen-bond acceptors (Lipinski definition) is 8. The quantitative estimate of drug-likeness (QED) is 0.397. The van der Waals surface area contributed by atoms with Crippen molar-refractivity contribution in [2.45, 2.75) is 64.3 Å². The van der Waals surface area contributed by atoms with Crippen molar-refractivity contribution < 1.29 is 4.74 Å². The van der Waals surface area contributed by atoms with E-state index in [1.54, 1.807) is 11.3 Å². The van der Waals surface area contributed by atoms with Gasteiger partial charge in [-0.15, -0.1) is 21.5 Å². The van der Waals surface area contributed by atoms with Gasteiger partial charge in [-0.05, 0) is 58.6 Å². The summed E-state index contributed by atoms with van der Waals surface area (Å²) >= 11 is 1.64. The lowest BCUT2D eigenvalue weighted by Crippen LogP contribution is -2.45. The zero-order valence-electron chi connectivity index (χ0n) is 21.1. The van der Waals surface area contributed by atoms with E-state index in [2.05, 4.69) is 76.7 Å². The minimum atomic E-state index is 0.0293. The van der Waals surface area contributed by atoms with Crippen molar-refractivity contribution in [3.63, 3.8) is 0 Å². The first-order valence-corrected chi connectivity index (χ1v) is 13.7. The summed E-state index contributed by atoms with van der Waals surface area (Å²) in [6.07, 6.45) is 8.45. The highest BCUT2D eigenvalue weighted by atomic mass is 32.1. The van der Waals surface area contributed by atoms with Gasteiger partial charge in [-0.25, -0.2) is 9.67 Å². The largest absolute Gasteiger partial charge is 0.357 e. The van der Waals surface area contributed by atoms with Gasteiger partial charge >= 0.3 is 0 Å². The Morgan fingerprint density at radius 3 is 2.72 bits per heavy atom. The van der Waals surface area contributed by atoms with Crippen molar-refractivity contribution in [2.75, 3.05) is 24.6 Å². The van der Waals surface area contributed by atoms with Crippen LogP contribution in [0.4, 0.5) is 5.82 Å². The van der Waals surface area contributed by atoms with Gasteiger partial charge in [0.2, 0.25) is 0 Å². The zero-order valence-corrected chi connectivity index (χ0v) is 22.0. The number of anilines is 1. The van der Waals surface area contributed by atoms with E-state index in [-0.39, 0.29) is 11.8 Å². The van der Waals surface area contributed by atoms with E-state index in [1.807, 2.05) is 16.4 Å². The molecule has 2 saturated heterocycles. The number of fused-ring (bicyclic) bond motifs is 1. The maximum atomic E-state index is 5.90. The molecule has 2 fully saturated rings. The Balaban J connectivity index is 1.23. The highest BCUT2D eigenvalue weighted by Crippen LogP contribution is 2.37. The lowest BCUT2D eigenvalue weighted by molar-refractivity contribution is -0.0394. The second-order valence-corrected chi connectivity index (χ2v) is 11.7. The maximum Gasteiger partial charge on any atom is 0.151 e. The molecular formula is C27H33N7OS. The van der Waals surface area contributed by atoms with Crippen molar-refractivity contribution in [3.05, 3.63) is 42.2 Å². The molecule has 2 atom stereocenters. The summed E-state index contributed by atoms with van der Waals surface area (Å²) in [6, 6.07) is 8.91. The van der Waals surface area contributed by atoms with Gasteiger partial charge in [0, 0.05) is 54.2 Å². The van der Waals surface area contributed by atoms with E-state index < -0.39 is 0 Å². The van der Waals surface area contributed by atoms with E-state index in [1.165, 1.54) is 6.42 Å². The Labute approximate surface area is 215 Å². The van der Waals surface area contributed by atoms with E-state index in [9.17, 15) is 0 Å². The van der Waals surface area contributed by atoms with Crippen LogP contribution in [0.5, 0.6) is 0 Å². The fourth-order valence-electron chi connectivity index (χ4n) is 5.29. The third-order valence-electron chi connectivity index (χ3n) is 6.92. The Kier molecular flexibility index (Phi) is 6.23. The van der Waals surface area contributed by atoms with E-state index in [0.717, 1.165) is 77.4 Å². The third-order valence-corrected chi connectivity index (χ3v) is 7.78. The molecule has 2 unspecified atom stereocenters. The van der Waals surface area contributed by atoms with Crippen LogP contribution < -0.4 is 10.2 Å². The van der Waals surface area contributed by atoms with Gasteiger partial charge in [0.15, 0.2) is 5.82 Å². The summed E-state index contributed by atoms with van der Waals surface area (Å²) in [5.41, 5.74) is 7.06. The minimum absolute atomic E-state index is 0.0293. The molecule has 188 valence electrons. The molecule has 9 heteroatoms. The smallest absolute Gasteiger partial charge is 0.151 e. The maximum absolute atomic E-state index is 5.90. The monoisotopic (exact) mass is 503 g/mol. The van der Waals surface area contributed by atoms with Crippen LogP contribution >= 0.6 is 11.3 Å². The molecule has 4 aromatic rings. The second kappa shape index (κ2) is 9.53. The van der Waals surface area contributed by atoms with E-state index in [0.29, 0.717) is 6.04 Å². The zero-order chi connectivity index (χ0) is 24.7. The predicted molar refractivity (Wildman–Crippen MR) is 144 cm³/mol. The van der Waals surface area contributed by atoms with Crippen molar-refractivity contribution in [3.8, 4) is 22.4 Å². The molecule has 0 spiro atoms. The summed E-state index contributed by atoms with van der Waals surface area (Å²) in [5.74, 6) is 0.937. The molecule has 2 aliphatic rings. The molecule has 0 bridgehead atoms. The molecular weight excluding hydrogens is 470 g/mol. The molecule has 6 rings (SSSR count). The number of nitrogens with one attached hydrogen (secondary N) is 1. The number of ether oxygens (including phenoxy) is 1. The van der Waals surface area contributed by atoms with E-state index in [4.69, 9.17) is 9.72 Å². The fourth-order valence-corrected chi connectivity index (χ4v) is 6.13. The number of thiazole rings is 1. The van der Waals surface area contributed by atoms with Crippen LogP contribution in [-0.4, -0.2) is 56.2 Å². The highest BCUT2D eigenvalue weighted by Gasteiger charge is 2.27. The first kappa shape index (κ1) is 23.5. The van der Waals surface area contributed by atoms with Gasteiger partial charge in [-0.3, -0.25) is 0 Å². The Morgan fingerprint density at radius 2 is 1.94 bits per heavy atom. The third kappa shape index (κ3) is 4.75. The summed E-state index contributed by atoms with van der Waals surface area (Å²) in [5, 5.41) is 17.5. The molecule has 1 aromatic carbocycles. The van der Waals surface area contributed by atoms with Crippen LogP contribution in [0.15, 0.2) is 42.2 Å². The van der Waals surface area contributed by atoms with Crippen LogP contribution in [0.2, 0.25) is 0 Å².